The Morgan fingerprint density at radius 3 is 2.33 bits per heavy atom. The van der Waals surface area contributed by atoms with Crippen LogP contribution >= 0.6 is 0 Å². The summed E-state index contributed by atoms with van der Waals surface area (Å²) >= 11 is 0. The van der Waals surface area contributed by atoms with E-state index in [4.69, 9.17) is 0 Å². The Morgan fingerprint density at radius 1 is 1.10 bits per heavy atom. The second kappa shape index (κ2) is 5.33. The Kier molecular flexibility index (Phi) is 3.78. The van der Waals surface area contributed by atoms with Gasteiger partial charge in [0.15, 0.2) is 0 Å². The Bertz CT molecular complexity index is 501. The van der Waals surface area contributed by atoms with Crippen LogP contribution in [0, 0.1) is 11.6 Å². The summed E-state index contributed by atoms with van der Waals surface area (Å²) in [5, 5.41) is 3.64. The van der Waals surface area contributed by atoms with Gasteiger partial charge in [0.25, 0.3) is 0 Å². The molecule has 1 aliphatic heterocycles. The van der Waals surface area contributed by atoms with Crippen molar-refractivity contribution in [2.45, 2.75) is 57.2 Å². The van der Waals surface area contributed by atoms with Crippen molar-refractivity contribution in [3.05, 3.63) is 35.4 Å². The monoisotopic (exact) mass is 294 g/mol. The minimum Gasteiger partial charge on any atom is -0.309 e. The molecule has 1 heterocycles. The second-order valence-corrected chi connectivity index (χ2v) is 7.30. The summed E-state index contributed by atoms with van der Waals surface area (Å²) in [4.78, 5) is 2.45. The number of piperazine rings is 1. The number of halogens is 2. The molecular weight excluding hydrogens is 270 g/mol. The molecule has 1 aliphatic carbocycles. The van der Waals surface area contributed by atoms with Crippen LogP contribution in [0.5, 0.6) is 0 Å². The van der Waals surface area contributed by atoms with Crippen molar-refractivity contribution in [3.8, 4) is 0 Å². The van der Waals surface area contributed by atoms with E-state index in [1.54, 1.807) is 0 Å². The molecule has 2 aliphatic rings. The molecule has 1 N–H and O–H groups in total. The number of benzene rings is 1. The van der Waals surface area contributed by atoms with Crippen LogP contribution in [0.15, 0.2) is 18.2 Å². The standard InChI is InChI=1S/C17H24F2N2/c1-16(2)12-21(17(11-20-16)5-3-4-6-17)10-13-7-14(18)9-15(19)8-13/h7-9,20H,3-6,10-12H2,1-2H3. The van der Waals surface area contributed by atoms with E-state index in [0.29, 0.717) is 6.54 Å². The number of rotatable bonds is 2. The van der Waals surface area contributed by atoms with Gasteiger partial charge in [-0.1, -0.05) is 12.8 Å². The topological polar surface area (TPSA) is 15.3 Å². The highest BCUT2D eigenvalue weighted by molar-refractivity contribution is 5.19. The number of hydrogen-bond donors (Lipinski definition) is 1. The fourth-order valence-corrected chi connectivity index (χ4v) is 3.89. The van der Waals surface area contributed by atoms with Crippen molar-refractivity contribution in [1.29, 1.82) is 0 Å². The summed E-state index contributed by atoms with van der Waals surface area (Å²) < 4.78 is 26.9. The van der Waals surface area contributed by atoms with Crippen molar-refractivity contribution in [2.24, 2.45) is 0 Å². The highest BCUT2D eigenvalue weighted by Crippen LogP contribution is 2.39. The molecule has 0 radical (unpaired) electrons. The van der Waals surface area contributed by atoms with Gasteiger partial charge < -0.3 is 5.32 Å². The van der Waals surface area contributed by atoms with E-state index in [0.717, 1.165) is 24.7 Å². The summed E-state index contributed by atoms with van der Waals surface area (Å²) in [5.74, 6) is -0.972. The third-order valence-electron chi connectivity index (χ3n) is 4.98. The Morgan fingerprint density at radius 2 is 1.71 bits per heavy atom. The number of nitrogens with one attached hydrogen (secondary N) is 1. The summed E-state index contributed by atoms with van der Waals surface area (Å²) in [6.45, 7) is 6.88. The summed E-state index contributed by atoms with van der Waals surface area (Å²) in [5.41, 5.74) is 0.939. The number of hydrogen-bond acceptors (Lipinski definition) is 2. The Balaban J connectivity index is 1.85. The van der Waals surface area contributed by atoms with Crippen molar-refractivity contribution < 1.29 is 8.78 Å². The predicted molar refractivity (Wildman–Crippen MR) is 80.0 cm³/mol. The maximum Gasteiger partial charge on any atom is 0.126 e. The molecule has 21 heavy (non-hydrogen) atoms. The summed E-state index contributed by atoms with van der Waals surface area (Å²) in [7, 11) is 0. The molecule has 0 unspecified atom stereocenters. The molecule has 116 valence electrons. The Hall–Kier alpha value is -1.00. The maximum absolute atomic E-state index is 13.4. The fourth-order valence-electron chi connectivity index (χ4n) is 3.89. The predicted octanol–water partition coefficient (Wildman–Crippen LogP) is 3.46. The molecule has 0 amide bonds. The zero-order valence-electron chi connectivity index (χ0n) is 12.9. The third-order valence-corrected chi connectivity index (χ3v) is 4.98. The summed E-state index contributed by atoms with van der Waals surface area (Å²) in [6.07, 6.45) is 4.84. The van der Waals surface area contributed by atoms with Gasteiger partial charge >= 0.3 is 0 Å². The van der Waals surface area contributed by atoms with E-state index in [-0.39, 0.29) is 11.1 Å². The third kappa shape index (κ3) is 3.11. The number of nitrogens with zero attached hydrogens (tertiary/aromatic N) is 1. The molecule has 0 bridgehead atoms. The van der Waals surface area contributed by atoms with Crippen LogP contribution in [0.3, 0.4) is 0 Å². The van der Waals surface area contributed by atoms with Crippen molar-refractivity contribution in [1.82, 2.24) is 10.2 Å². The van der Waals surface area contributed by atoms with Crippen molar-refractivity contribution >= 4 is 0 Å². The van der Waals surface area contributed by atoms with Gasteiger partial charge in [0.05, 0.1) is 0 Å². The van der Waals surface area contributed by atoms with Crippen LogP contribution < -0.4 is 5.32 Å². The van der Waals surface area contributed by atoms with E-state index < -0.39 is 11.6 Å². The van der Waals surface area contributed by atoms with Crippen molar-refractivity contribution in [2.75, 3.05) is 13.1 Å². The molecule has 1 aromatic rings. The van der Waals surface area contributed by atoms with Crippen LogP contribution in [-0.2, 0) is 6.54 Å². The van der Waals surface area contributed by atoms with Gasteiger partial charge in [0, 0.05) is 36.8 Å². The van der Waals surface area contributed by atoms with E-state index in [1.807, 2.05) is 0 Å². The van der Waals surface area contributed by atoms with E-state index in [1.165, 1.54) is 37.8 Å². The van der Waals surface area contributed by atoms with Gasteiger partial charge in [-0.15, -0.1) is 0 Å². The van der Waals surface area contributed by atoms with Crippen LogP contribution in [0.1, 0.15) is 45.1 Å². The molecule has 0 atom stereocenters. The molecule has 4 heteroatoms. The first kappa shape index (κ1) is 14.9. The van der Waals surface area contributed by atoms with E-state index >= 15 is 0 Å². The molecule has 1 aromatic carbocycles. The van der Waals surface area contributed by atoms with E-state index in [2.05, 4.69) is 24.1 Å². The SMILES string of the molecule is CC1(C)CN(Cc2cc(F)cc(F)c2)C2(CCCC2)CN1. The maximum atomic E-state index is 13.4. The van der Waals surface area contributed by atoms with Crippen LogP contribution in [0.25, 0.3) is 0 Å². The zero-order valence-corrected chi connectivity index (χ0v) is 12.9. The molecule has 2 nitrogen and oxygen atoms in total. The molecule has 1 saturated carbocycles. The van der Waals surface area contributed by atoms with Crippen LogP contribution in [0.4, 0.5) is 8.78 Å². The quantitative estimate of drug-likeness (QED) is 0.898. The van der Waals surface area contributed by atoms with Gasteiger partial charge in [0.2, 0.25) is 0 Å². The second-order valence-electron chi connectivity index (χ2n) is 7.30. The molecule has 3 rings (SSSR count). The van der Waals surface area contributed by atoms with Crippen molar-refractivity contribution in [3.63, 3.8) is 0 Å². The molecule has 1 saturated heterocycles. The van der Waals surface area contributed by atoms with E-state index in [9.17, 15) is 8.78 Å². The minimum absolute atomic E-state index is 0.0414. The van der Waals surface area contributed by atoms with Gasteiger partial charge in [-0.25, -0.2) is 8.78 Å². The molecular formula is C17H24F2N2. The normalized spacial score (nSPS) is 24.6. The van der Waals surface area contributed by atoms with Gasteiger partial charge in [-0.3, -0.25) is 4.90 Å². The fraction of sp³-hybridized carbons (Fsp3) is 0.647. The first-order chi connectivity index (χ1) is 9.89. The average Bonchev–Trinajstić information content (AvgIpc) is 2.83. The highest BCUT2D eigenvalue weighted by atomic mass is 19.1. The highest BCUT2D eigenvalue weighted by Gasteiger charge is 2.45. The van der Waals surface area contributed by atoms with Gasteiger partial charge in [-0.05, 0) is 44.4 Å². The first-order valence-electron chi connectivity index (χ1n) is 7.84. The lowest BCUT2D eigenvalue weighted by atomic mass is 9.86. The average molecular weight is 294 g/mol. The lowest BCUT2D eigenvalue weighted by molar-refractivity contribution is 0.0121. The lowest BCUT2D eigenvalue weighted by Crippen LogP contribution is -2.66. The zero-order chi connectivity index (χ0) is 15.1. The summed E-state index contributed by atoms with van der Waals surface area (Å²) in [6, 6.07) is 3.86. The molecule has 2 fully saturated rings. The molecule has 0 aromatic heterocycles. The smallest absolute Gasteiger partial charge is 0.126 e. The van der Waals surface area contributed by atoms with Gasteiger partial charge in [-0.2, -0.15) is 0 Å². The largest absolute Gasteiger partial charge is 0.309 e. The van der Waals surface area contributed by atoms with Gasteiger partial charge in [0.1, 0.15) is 11.6 Å². The lowest BCUT2D eigenvalue weighted by Gasteiger charge is -2.51. The molecule has 1 spiro atoms. The van der Waals surface area contributed by atoms with Crippen LogP contribution in [0.2, 0.25) is 0 Å². The Labute approximate surface area is 125 Å². The van der Waals surface area contributed by atoms with Crippen LogP contribution in [-0.4, -0.2) is 29.1 Å². The first-order valence-corrected chi connectivity index (χ1v) is 7.84. The minimum atomic E-state index is -0.486.